The number of nitrogens with zero attached hydrogens (tertiary/aromatic N) is 3. The van der Waals surface area contributed by atoms with Gasteiger partial charge in [0.1, 0.15) is 0 Å². The van der Waals surface area contributed by atoms with Gasteiger partial charge in [-0.3, -0.25) is 29.1 Å². The van der Waals surface area contributed by atoms with E-state index in [4.69, 9.17) is 9.15 Å². The van der Waals surface area contributed by atoms with Crippen LogP contribution >= 0.6 is 11.3 Å². The average Bonchev–Trinajstić information content (AvgIpc) is 3.67. The van der Waals surface area contributed by atoms with Crippen molar-refractivity contribution in [1.29, 1.82) is 0 Å². The lowest BCUT2D eigenvalue weighted by molar-refractivity contribution is -0.0655. The van der Waals surface area contributed by atoms with Crippen LogP contribution in [0.5, 0.6) is 0 Å². The van der Waals surface area contributed by atoms with Crippen molar-refractivity contribution >= 4 is 34.6 Å². The third-order valence-corrected chi connectivity index (χ3v) is 6.81. The number of carbonyl (C=O) groups is 4. The number of ether oxygens (including phenoxy) is 1. The van der Waals surface area contributed by atoms with Gasteiger partial charge in [0.2, 0.25) is 11.3 Å². The Balaban J connectivity index is 1.77. The molecule has 0 aliphatic carbocycles. The molecule has 2 atom stereocenters. The summed E-state index contributed by atoms with van der Waals surface area (Å²) in [7, 11) is 0. The first-order valence-electron chi connectivity index (χ1n) is 11.0. The van der Waals surface area contributed by atoms with Crippen LogP contribution in [-0.2, 0) is 4.74 Å². The number of hydrogen-bond donors (Lipinski definition) is 0. The molecule has 36 heavy (non-hydrogen) atoms. The summed E-state index contributed by atoms with van der Waals surface area (Å²) in [5, 5.41) is 1.68. The van der Waals surface area contributed by atoms with Gasteiger partial charge < -0.3 is 14.1 Å². The zero-order valence-corrected chi connectivity index (χ0v) is 19.6. The van der Waals surface area contributed by atoms with Gasteiger partial charge in [-0.25, -0.2) is 0 Å². The van der Waals surface area contributed by atoms with Crippen molar-refractivity contribution in [3.8, 4) is 0 Å². The van der Waals surface area contributed by atoms with Gasteiger partial charge >= 0.3 is 0 Å². The number of rotatable bonds is 7. The Labute approximate surface area is 209 Å². The lowest BCUT2D eigenvalue weighted by Crippen LogP contribution is -2.73. The van der Waals surface area contributed by atoms with E-state index in [1.165, 1.54) is 61.4 Å². The first kappa shape index (κ1) is 23.5. The lowest BCUT2D eigenvalue weighted by atomic mass is 9.74. The summed E-state index contributed by atoms with van der Waals surface area (Å²) < 4.78 is 11.2. The minimum absolute atomic E-state index is 0.0737. The second-order valence-electron chi connectivity index (χ2n) is 7.93. The summed E-state index contributed by atoms with van der Waals surface area (Å²) in [4.78, 5) is 65.5. The van der Waals surface area contributed by atoms with Gasteiger partial charge in [-0.05, 0) is 47.8 Å². The topological polar surface area (TPSA) is 120 Å². The fourth-order valence-corrected chi connectivity index (χ4v) is 5.05. The monoisotopic (exact) mass is 501 g/mol. The number of furan rings is 1. The van der Waals surface area contributed by atoms with Crippen LogP contribution in [0.3, 0.4) is 0 Å². The molecular weight excluding hydrogens is 482 g/mol. The van der Waals surface area contributed by atoms with E-state index in [-0.39, 0.29) is 34.9 Å². The molecule has 1 aliphatic rings. The van der Waals surface area contributed by atoms with Gasteiger partial charge in [0.05, 0.1) is 17.7 Å². The van der Waals surface area contributed by atoms with Crippen molar-refractivity contribution in [3.63, 3.8) is 0 Å². The highest BCUT2D eigenvalue weighted by molar-refractivity contribution is 7.12. The first-order chi connectivity index (χ1) is 17.5. The molecule has 1 amide bonds. The fraction of sp³-hybridized carbons (Fsp3) is 0.154. The molecule has 2 unspecified atom stereocenters. The Kier molecular flexibility index (Phi) is 6.36. The summed E-state index contributed by atoms with van der Waals surface area (Å²) >= 11 is 1.10. The molecule has 5 heterocycles. The number of aromatic nitrogens is 2. The molecule has 0 bridgehead atoms. The maximum absolute atomic E-state index is 14.4. The van der Waals surface area contributed by atoms with Crippen LogP contribution in [0.15, 0.2) is 89.4 Å². The number of Topliss-reactive ketones (excluding diaryl/α,β-unsaturated/α-hetero) is 3. The quantitative estimate of drug-likeness (QED) is 0.279. The Morgan fingerprint density at radius 1 is 0.917 bits per heavy atom. The molecule has 9 nitrogen and oxygen atoms in total. The molecule has 0 spiro atoms. The molecule has 5 rings (SSSR count). The van der Waals surface area contributed by atoms with E-state index in [1.54, 1.807) is 23.6 Å². The number of thiophene rings is 1. The summed E-state index contributed by atoms with van der Waals surface area (Å²) in [6.45, 7) is -0.198. The minimum atomic E-state index is -2.35. The zero-order valence-electron chi connectivity index (χ0n) is 18.8. The molecule has 1 saturated heterocycles. The van der Waals surface area contributed by atoms with Crippen molar-refractivity contribution in [2.75, 3.05) is 13.2 Å². The molecule has 0 saturated carbocycles. The molecule has 10 heteroatoms. The van der Waals surface area contributed by atoms with E-state index in [1.807, 2.05) is 0 Å². The van der Waals surface area contributed by atoms with E-state index < -0.39 is 34.9 Å². The third-order valence-electron chi connectivity index (χ3n) is 5.95. The van der Waals surface area contributed by atoms with E-state index >= 15 is 0 Å². The Morgan fingerprint density at radius 2 is 1.75 bits per heavy atom. The molecular formula is C26H19N3O6S. The number of pyridine rings is 2. The van der Waals surface area contributed by atoms with Crippen LogP contribution in [0.1, 0.15) is 40.9 Å². The number of amides is 1. The number of carbonyl (C=O) groups excluding carboxylic acids is 4. The standard InChI is InChI=1S/C26H19N3O6S/c30-21(18-4-1-9-28-16-18)24-26(23(32)20-6-3-15-36-20,22(31)17-7-10-27-11-8-17)29(12-14-35-24)25(33)19-5-2-13-34-19/h1-11,13,15-16,24H,12,14H2. The molecule has 0 radical (unpaired) electrons. The summed E-state index contributed by atoms with van der Waals surface area (Å²) in [6.07, 6.45) is 5.31. The Morgan fingerprint density at radius 3 is 2.42 bits per heavy atom. The molecule has 0 N–H and O–H groups in total. The number of morpholine rings is 1. The van der Waals surface area contributed by atoms with E-state index in [2.05, 4.69) is 9.97 Å². The fourth-order valence-electron chi connectivity index (χ4n) is 4.33. The van der Waals surface area contributed by atoms with E-state index in [0.717, 1.165) is 16.2 Å². The Bertz CT molecular complexity index is 1390. The highest BCUT2D eigenvalue weighted by atomic mass is 32.1. The lowest BCUT2D eigenvalue weighted by Gasteiger charge is -2.48. The second-order valence-corrected chi connectivity index (χ2v) is 8.88. The number of hydrogen-bond acceptors (Lipinski definition) is 9. The molecule has 4 aromatic heterocycles. The van der Waals surface area contributed by atoms with Crippen molar-refractivity contribution in [1.82, 2.24) is 14.9 Å². The maximum Gasteiger partial charge on any atom is 0.290 e. The highest BCUT2D eigenvalue weighted by Crippen LogP contribution is 2.37. The van der Waals surface area contributed by atoms with Gasteiger partial charge in [0, 0.05) is 42.5 Å². The summed E-state index contributed by atoms with van der Waals surface area (Å²) in [6, 6.07) is 12.1. The largest absolute Gasteiger partial charge is 0.459 e. The molecule has 4 aromatic rings. The van der Waals surface area contributed by atoms with Crippen LogP contribution in [0, 0.1) is 0 Å². The van der Waals surface area contributed by atoms with Gasteiger partial charge in [0.15, 0.2) is 23.4 Å². The van der Waals surface area contributed by atoms with Crippen molar-refractivity contribution in [2.45, 2.75) is 11.6 Å². The molecule has 0 aromatic carbocycles. The minimum Gasteiger partial charge on any atom is -0.459 e. The predicted molar refractivity (Wildman–Crippen MR) is 128 cm³/mol. The molecule has 180 valence electrons. The number of ketones is 3. The van der Waals surface area contributed by atoms with Gasteiger partial charge in [-0.1, -0.05) is 6.07 Å². The normalized spacial score (nSPS) is 19.6. The van der Waals surface area contributed by atoms with Gasteiger partial charge in [-0.15, -0.1) is 11.3 Å². The molecule has 1 fully saturated rings. The van der Waals surface area contributed by atoms with Crippen molar-refractivity contribution in [3.05, 3.63) is 107 Å². The first-order valence-corrected chi connectivity index (χ1v) is 11.9. The smallest absolute Gasteiger partial charge is 0.290 e. The SMILES string of the molecule is O=C(c1cccnc1)C1OCCN(C(=O)c2ccco2)C1(C(=O)c1ccncc1)C(=O)c1cccs1. The van der Waals surface area contributed by atoms with Gasteiger partial charge in [0.25, 0.3) is 5.91 Å². The molecule has 1 aliphatic heterocycles. The van der Waals surface area contributed by atoms with Crippen LogP contribution in [0.2, 0.25) is 0 Å². The Hall–Kier alpha value is -4.28. The van der Waals surface area contributed by atoms with Crippen LogP contribution < -0.4 is 0 Å². The van der Waals surface area contributed by atoms with E-state index in [0.29, 0.717) is 0 Å². The highest BCUT2D eigenvalue weighted by Gasteiger charge is 2.63. The van der Waals surface area contributed by atoms with Gasteiger partial charge in [-0.2, -0.15) is 0 Å². The van der Waals surface area contributed by atoms with E-state index in [9.17, 15) is 19.2 Å². The van der Waals surface area contributed by atoms with Crippen LogP contribution in [0.25, 0.3) is 0 Å². The van der Waals surface area contributed by atoms with Crippen molar-refractivity contribution < 1.29 is 28.3 Å². The average molecular weight is 502 g/mol. The van der Waals surface area contributed by atoms with Crippen LogP contribution in [-0.4, -0.2) is 62.9 Å². The summed E-state index contributed by atoms with van der Waals surface area (Å²) in [5.41, 5.74) is -2.11. The van der Waals surface area contributed by atoms with Crippen LogP contribution in [0.4, 0.5) is 0 Å². The second kappa shape index (κ2) is 9.76. The predicted octanol–water partition coefficient (Wildman–Crippen LogP) is 3.36. The van der Waals surface area contributed by atoms with Crippen molar-refractivity contribution in [2.24, 2.45) is 0 Å². The summed E-state index contributed by atoms with van der Waals surface area (Å²) in [5.74, 6) is -2.91. The zero-order chi connectivity index (χ0) is 25.1. The maximum atomic E-state index is 14.4. The third kappa shape index (κ3) is 3.86.